The summed E-state index contributed by atoms with van der Waals surface area (Å²) in [6.07, 6.45) is 0. The molecular weight excluding hydrogens is 246 g/mol. The van der Waals surface area contributed by atoms with Crippen molar-refractivity contribution in [3.05, 3.63) is 34.9 Å². The monoisotopic (exact) mass is 258 g/mol. The molecule has 0 aliphatic heterocycles. The second-order valence-corrected chi connectivity index (χ2v) is 3.41. The average Bonchev–Trinajstić information content (AvgIpc) is 2.33. The van der Waals surface area contributed by atoms with Crippen LogP contribution in [0.5, 0.6) is 0 Å². The van der Waals surface area contributed by atoms with Crippen LogP contribution >= 0.6 is 0 Å². The van der Waals surface area contributed by atoms with Crippen molar-refractivity contribution < 1.29 is 27.8 Å². The van der Waals surface area contributed by atoms with E-state index in [1.807, 2.05) is 0 Å². The van der Waals surface area contributed by atoms with E-state index in [1.54, 1.807) is 0 Å². The number of hydrogen-bond donors (Lipinski definition) is 0. The molecule has 1 aromatic rings. The number of Topliss-reactive ketones (excluding diaryl/α,β-unsaturated/α-hetero) is 1. The number of esters is 1. The molecule has 0 N–H and O–H groups in total. The Labute approximate surface area is 103 Å². The molecule has 18 heavy (non-hydrogen) atoms. The van der Waals surface area contributed by atoms with E-state index in [0.29, 0.717) is 6.07 Å². The Hall–Kier alpha value is -1.82. The number of rotatable bonds is 5. The molecule has 1 rings (SSSR count). The van der Waals surface area contributed by atoms with E-state index in [4.69, 9.17) is 0 Å². The Morgan fingerprint density at radius 3 is 2.44 bits per heavy atom. The molecule has 0 unspecified atom stereocenters. The van der Waals surface area contributed by atoms with Crippen LogP contribution in [0.3, 0.4) is 0 Å². The quantitative estimate of drug-likeness (QED) is 0.459. The molecule has 0 heterocycles. The van der Waals surface area contributed by atoms with Crippen LogP contribution in [0.1, 0.15) is 22.8 Å². The Morgan fingerprint density at radius 1 is 1.22 bits per heavy atom. The van der Waals surface area contributed by atoms with Gasteiger partial charge in [0.05, 0.1) is 18.8 Å². The molecule has 0 radical (unpaired) electrons. The highest BCUT2D eigenvalue weighted by molar-refractivity contribution is 6.40. The number of ketones is 1. The third-order valence-corrected chi connectivity index (χ3v) is 2.14. The molecule has 0 fully saturated rings. The summed E-state index contributed by atoms with van der Waals surface area (Å²) in [7, 11) is 1.33. The molecule has 0 spiro atoms. The van der Waals surface area contributed by atoms with E-state index in [9.17, 15) is 18.4 Å². The summed E-state index contributed by atoms with van der Waals surface area (Å²) in [6, 6.07) is 1.49. The number of ether oxygens (including phenoxy) is 2. The second kappa shape index (κ2) is 6.20. The zero-order chi connectivity index (χ0) is 13.7. The lowest BCUT2D eigenvalue weighted by Gasteiger charge is -2.06. The predicted molar refractivity (Wildman–Crippen MR) is 58.0 cm³/mol. The van der Waals surface area contributed by atoms with Gasteiger partial charge in [-0.1, -0.05) is 0 Å². The van der Waals surface area contributed by atoms with Gasteiger partial charge in [-0.3, -0.25) is 4.79 Å². The molecule has 1 aromatic carbocycles. The van der Waals surface area contributed by atoms with Crippen molar-refractivity contribution >= 4 is 11.8 Å². The number of hydrogen-bond acceptors (Lipinski definition) is 4. The lowest BCUT2D eigenvalue weighted by molar-refractivity contribution is -0.137. The molecular formula is C12H12F2O4. The molecule has 0 amide bonds. The van der Waals surface area contributed by atoms with Crippen molar-refractivity contribution in [3.8, 4) is 0 Å². The van der Waals surface area contributed by atoms with Crippen molar-refractivity contribution in [2.75, 3.05) is 13.7 Å². The first-order chi connectivity index (χ1) is 8.51. The average molecular weight is 258 g/mol. The SMILES string of the molecule is CCOC(=O)C(=O)c1cc(F)c(COC)cc1F. The van der Waals surface area contributed by atoms with Gasteiger partial charge in [0.2, 0.25) is 0 Å². The van der Waals surface area contributed by atoms with Gasteiger partial charge >= 0.3 is 5.97 Å². The fourth-order valence-electron chi connectivity index (χ4n) is 1.33. The van der Waals surface area contributed by atoms with Gasteiger partial charge in [-0.2, -0.15) is 0 Å². The summed E-state index contributed by atoms with van der Waals surface area (Å²) < 4.78 is 36.1. The summed E-state index contributed by atoms with van der Waals surface area (Å²) in [5.41, 5.74) is -0.679. The molecule has 0 saturated heterocycles. The Bertz CT molecular complexity index is 471. The van der Waals surface area contributed by atoms with Crippen LogP contribution in [0.25, 0.3) is 0 Å². The minimum Gasteiger partial charge on any atom is -0.460 e. The first kappa shape index (κ1) is 14.2. The summed E-state index contributed by atoms with van der Waals surface area (Å²) >= 11 is 0. The highest BCUT2D eigenvalue weighted by Gasteiger charge is 2.23. The highest BCUT2D eigenvalue weighted by atomic mass is 19.1. The number of halogens is 2. The van der Waals surface area contributed by atoms with Crippen molar-refractivity contribution in [2.45, 2.75) is 13.5 Å². The first-order valence-corrected chi connectivity index (χ1v) is 5.19. The van der Waals surface area contributed by atoms with Crippen LogP contribution < -0.4 is 0 Å². The van der Waals surface area contributed by atoms with Crippen LogP contribution in [0.2, 0.25) is 0 Å². The molecule has 0 atom stereocenters. The molecule has 0 bridgehead atoms. The summed E-state index contributed by atoms with van der Waals surface area (Å²) in [4.78, 5) is 22.6. The minimum absolute atomic E-state index is 0.0174. The fraction of sp³-hybridized carbons (Fsp3) is 0.333. The first-order valence-electron chi connectivity index (χ1n) is 5.19. The van der Waals surface area contributed by atoms with Gasteiger partial charge in [-0.15, -0.1) is 0 Å². The maximum atomic E-state index is 13.6. The molecule has 4 nitrogen and oxygen atoms in total. The van der Waals surface area contributed by atoms with E-state index in [0.717, 1.165) is 6.07 Å². The Balaban J connectivity index is 3.07. The predicted octanol–water partition coefficient (Wildman–Crippen LogP) is 1.86. The normalized spacial score (nSPS) is 10.2. The van der Waals surface area contributed by atoms with Crippen LogP contribution in [-0.2, 0) is 20.9 Å². The maximum Gasteiger partial charge on any atom is 0.379 e. The van der Waals surface area contributed by atoms with E-state index in [2.05, 4.69) is 9.47 Å². The van der Waals surface area contributed by atoms with Gasteiger partial charge in [0.15, 0.2) is 0 Å². The van der Waals surface area contributed by atoms with Crippen LogP contribution in [-0.4, -0.2) is 25.5 Å². The van der Waals surface area contributed by atoms with E-state index in [1.165, 1.54) is 14.0 Å². The molecule has 98 valence electrons. The topological polar surface area (TPSA) is 52.6 Å². The molecule has 6 heteroatoms. The Morgan fingerprint density at radius 2 is 1.89 bits per heavy atom. The minimum atomic E-state index is -1.21. The van der Waals surface area contributed by atoms with Gasteiger partial charge in [0.25, 0.3) is 5.78 Å². The van der Waals surface area contributed by atoms with Gasteiger partial charge < -0.3 is 9.47 Å². The summed E-state index contributed by atoms with van der Waals surface area (Å²) in [5, 5.41) is 0. The van der Waals surface area contributed by atoms with Crippen molar-refractivity contribution in [2.24, 2.45) is 0 Å². The lowest BCUT2D eigenvalue weighted by atomic mass is 10.1. The number of carbonyl (C=O) groups is 2. The Kier molecular flexibility index (Phi) is 4.91. The standard InChI is InChI=1S/C12H12F2O4/c1-3-18-12(16)11(15)8-5-9(13)7(6-17-2)4-10(8)14/h4-5H,3,6H2,1-2H3. The number of methoxy groups -OCH3 is 1. The number of carbonyl (C=O) groups excluding carboxylic acids is 2. The van der Waals surface area contributed by atoms with E-state index >= 15 is 0 Å². The van der Waals surface area contributed by atoms with Crippen molar-refractivity contribution in [1.82, 2.24) is 0 Å². The van der Waals surface area contributed by atoms with Crippen molar-refractivity contribution in [1.29, 1.82) is 0 Å². The smallest absolute Gasteiger partial charge is 0.379 e. The van der Waals surface area contributed by atoms with E-state index < -0.39 is 29.0 Å². The number of benzene rings is 1. The molecule has 0 aliphatic rings. The largest absolute Gasteiger partial charge is 0.460 e. The van der Waals surface area contributed by atoms with Gasteiger partial charge in [-0.05, 0) is 19.1 Å². The zero-order valence-electron chi connectivity index (χ0n) is 9.96. The molecule has 0 saturated carbocycles. The zero-order valence-corrected chi connectivity index (χ0v) is 9.96. The fourth-order valence-corrected chi connectivity index (χ4v) is 1.33. The van der Waals surface area contributed by atoms with Crippen molar-refractivity contribution in [3.63, 3.8) is 0 Å². The van der Waals surface area contributed by atoms with E-state index in [-0.39, 0.29) is 18.8 Å². The lowest BCUT2D eigenvalue weighted by Crippen LogP contribution is -2.19. The molecule has 0 aliphatic carbocycles. The van der Waals surface area contributed by atoms with Gasteiger partial charge in [-0.25, -0.2) is 13.6 Å². The third-order valence-electron chi connectivity index (χ3n) is 2.14. The highest BCUT2D eigenvalue weighted by Crippen LogP contribution is 2.16. The van der Waals surface area contributed by atoms with Crippen LogP contribution in [0.4, 0.5) is 8.78 Å². The van der Waals surface area contributed by atoms with Gasteiger partial charge in [0, 0.05) is 12.7 Å². The van der Waals surface area contributed by atoms with Crippen LogP contribution in [0, 0.1) is 11.6 Å². The van der Waals surface area contributed by atoms with Gasteiger partial charge in [0.1, 0.15) is 11.6 Å². The third kappa shape index (κ3) is 3.10. The summed E-state index contributed by atoms with van der Waals surface area (Å²) in [6.45, 7) is 1.36. The maximum absolute atomic E-state index is 13.6. The van der Waals surface area contributed by atoms with Crippen LogP contribution in [0.15, 0.2) is 12.1 Å². The summed E-state index contributed by atoms with van der Waals surface area (Å²) in [5.74, 6) is -4.22. The second-order valence-electron chi connectivity index (χ2n) is 3.41. The molecule has 0 aromatic heterocycles.